The Kier molecular flexibility index (Phi) is 4.20. The summed E-state index contributed by atoms with van der Waals surface area (Å²) in [5, 5.41) is 0. The van der Waals surface area contributed by atoms with Crippen LogP contribution in [0.5, 0.6) is 0 Å². The first kappa shape index (κ1) is 15.1. The van der Waals surface area contributed by atoms with Crippen molar-refractivity contribution in [3.05, 3.63) is 89.2 Å². The van der Waals surface area contributed by atoms with Crippen molar-refractivity contribution in [3.8, 4) is 23.7 Å². The van der Waals surface area contributed by atoms with E-state index in [-0.39, 0.29) is 0 Å². The summed E-state index contributed by atoms with van der Waals surface area (Å²) in [5.41, 5.74) is 4.97. The molecule has 0 saturated carbocycles. The van der Waals surface area contributed by atoms with Gasteiger partial charge in [0.05, 0.1) is 22.9 Å². The van der Waals surface area contributed by atoms with Crippen LogP contribution in [0.2, 0.25) is 0 Å². The van der Waals surface area contributed by atoms with Gasteiger partial charge in [-0.2, -0.15) is 8.75 Å². The van der Waals surface area contributed by atoms with Crippen molar-refractivity contribution in [2.24, 2.45) is 0 Å². The van der Waals surface area contributed by atoms with Gasteiger partial charge < -0.3 is 0 Å². The van der Waals surface area contributed by atoms with Crippen LogP contribution in [0.1, 0.15) is 22.4 Å². The number of fused-ring (bicyclic) bond motifs is 1. The third kappa shape index (κ3) is 3.40. The molecule has 25 heavy (non-hydrogen) atoms. The van der Waals surface area contributed by atoms with E-state index in [1.807, 2.05) is 60.7 Å². The zero-order chi connectivity index (χ0) is 16.9. The topological polar surface area (TPSA) is 38.7 Å². The number of benzene rings is 2. The van der Waals surface area contributed by atoms with E-state index in [1.165, 1.54) is 11.7 Å². The van der Waals surface area contributed by atoms with Gasteiger partial charge >= 0.3 is 0 Å². The van der Waals surface area contributed by atoms with Gasteiger partial charge in [-0.05, 0) is 42.3 Å². The molecule has 4 heteroatoms. The number of nitrogens with zero attached hydrogens (tertiary/aromatic N) is 3. The van der Waals surface area contributed by atoms with E-state index >= 15 is 0 Å². The first-order valence-corrected chi connectivity index (χ1v) is 8.38. The second-order valence-corrected chi connectivity index (χ2v) is 5.73. The smallest absolute Gasteiger partial charge is 0.121 e. The minimum atomic E-state index is 0.729. The predicted octanol–water partition coefficient (Wildman–Crippen LogP) is 3.89. The highest BCUT2D eigenvalue weighted by molar-refractivity contribution is 7.00. The molecule has 2 aromatic carbocycles. The molecule has 0 saturated heterocycles. The molecule has 0 unspecified atom stereocenters. The molecular formula is C21H11N3S. The molecule has 0 amide bonds. The van der Waals surface area contributed by atoms with Crippen LogP contribution < -0.4 is 0 Å². The van der Waals surface area contributed by atoms with Crippen molar-refractivity contribution in [2.75, 3.05) is 0 Å². The number of hydrogen-bond acceptors (Lipinski definition) is 4. The summed E-state index contributed by atoms with van der Waals surface area (Å²) >= 11 is 1.17. The fourth-order valence-electron chi connectivity index (χ4n) is 2.30. The lowest BCUT2D eigenvalue weighted by Crippen LogP contribution is -1.85. The van der Waals surface area contributed by atoms with Crippen LogP contribution in [0, 0.1) is 23.7 Å². The molecule has 4 aromatic rings. The van der Waals surface area contributed by atoms with E-state index in [2.05, 4.69) is 37.4 Å². The summed E-state index contributed by atoms with van der Waals surface area (Å²) in [4.78, 5) is 4.21. The molecule has 0 radical (unpaired) electrons. The Bertz CT molecular complexity index is 1050. The van der Waals surface area contributed by atoms with Gasteiger partial charge in [0, 0.05) is 11.8 Å². The molecule has 0 aliphatic rings. The normalized spacial score (nSPS) is 9.76. The summed E-state index contributed by atoms with van der Waals surface area (Å²) in [6.45, 7) is 0. The molecule has 3 nitrogen and oxygen atoms in total. The van der Waals surface area contributed by atoms with Crippen molar-refractivity contribution < 1.29 is 0 Å². The molecule has 0 fully saturated rings. The van der Waals surface area contributed by atoms with Crippen molar-refractivity contribution in [2.45, 2.75) is 0 Å². The maximum absolute atomic E-state index is 4.39. The van der Waals surface area contributed by atoms with Crippen LogP contribution in [0.4, 0.5) is 0 Å². The minimum absolute atomic E-state index is 0.729. The molecule has 0 aliphatic carbocycles. The first-order chi connectivity index (χ1) is 12.4. The lowest BCUT2D eigenvalue weighted by molar-refractivity contribution is 1.29. The SMILES string of the molecule is C(#Cc1ccc(C#Cc2ccccn2)c2nsnc12)c1ccccc1. The Hall–Kier alpha value is -3.47. The highest BCUT2D eigenvalue weighted by Crippen LogP contribution is 2.20. The quantitative estimate of drug-likeness (QED) is 0.457. The van der Waals surface area contributed by atoms with E-state index in [4.69, 9.17) is 0 Å². The van der Waals surface area contributed by atoms with Gasteiger partial charge in [-0.15, -0.1) is 0 Å². The molecule has 0 atom stereocenters. The lowest BCUT2D eigenvalue weighted by atomic mass is 10.1. The Labute approximate surface area is 149 Å². The molecular weight excluding hydrogens is 326 g/mol. The fraction of sp³-hybridized carbons (Fsp3) is 0. The van der Waals surface area contributed by atoms with E-state index in [1.54, 1.807) is 6.20 Å². The number of rotatable bonds is 0. The van der Waals surface area contributed by atoms with Crippen LogP contribution in [-0.2, 0) is 0 Å². The van der Waals surface area contributed by atoms with Gasteiger partial charge in [0.1, 0.15) is 16.7 Å². The molecule has 116 valence electrons. The van der Waals surface area contributed by atoms with Gasteiger partial charge in [-0.3, -0.25) is 0 Å². The first-order valence-electron chi connectivity index (χ1n) is 7.65. The summed E-state index contributed by atoms with van der Waals surface area (Å²) in [7, 11) is 0. The Balaban J connectivity index is 1.73. The van der Waals surface area contributed by atoms with Crippen LogP contribution in [0.3, 0.4) is 0 Å². The third-order valence-electron chi connectivity index (χ3n) is 3.52. The molecule has 0 N–H and O–H groups in total. The molecule has 2 heterocycles. The van der Waals surface area contributed by atoms with Crippen LogP contribution >= 0.6 is 11.7 Å². The Morgan fingerprint density at radius 1 is 0.640 bits per heavy atom. The van der Waals surface area contributed by atoms with Crippen LogP contribution in [0.15, 0.2) is 66.9 Å². The summed E-state index contributed by atoms with van der Waals surface area (Å²) in [6.07, 6.45) is 1.73. The van der Waals surface area contributed by atoms with E-state index < -0.39 is 0 Å². The van der Waals surface area contributed by atoms with Crippen LogP contribution in [0.25, 0.3) is 11.0 Å². The zero-order valence-electron chi connectivity index (χ0n) is 13.1. The number of hydrogen-bond donors (Lipinski definition) is 0. The zero-order valence-corrected chi connectivity index (χ0v) is 13.9. The number of aromatic nitrogens is 3. The summed E-state index contributed by atoms with van der Waals surface area (Å²) in [6, 6.07) is 19.4. The van der Waals surface area contributed by atoms with E-state index in [0.717, 1.165) is 33.4 Å². The summed E-state index contributed by atoms with van der Waals surface area (Å²) in [5.74, 6) is 12.5. The lowest BCUT2D eigenvalue weighted by Gasteiger charge is -1.96. The average Bonchev–Trinajstić information content (AvgIpc) is 3.17. The largest absolute Gasteiger partial charge is 0.248 e. The average molecular weight is 337 g/mol. The second-order valence-electron chi connectivity index (χ2n) is 5.20. The summed E-state index contributed by atoms with van der Waals surface area (Å²) < 4.78 is 8.78. The molecule has 4 rings (SSSR count). The Morgan fingerprint density at radius 3 is 2.00 bits per heavy atom. The van der Waals surface area contributed by atoms with E-state index in [0.29, 0.717) is 0 Å². The predicted molar refractivity (Wildman–Crippen MR) is 100 cm³/mol. The fourth-order valence-corrected chi connectivity index (χ4v) is 2.87. The van der Waals surface area contributed by atoms with E-state index in [9.17, 15) is 0 Å². The van der Waals surface area contributed by atoms with Crippen molar-refractivity contribution >= 4 is 22.8 Å². The van der Waals surface area contributed by atoms with Gasteiger partial charge in [-0.25, -0.2) is 4.98 Å². The number of pyridine rings is 1. The standard InChI is InChI=1S/C21H11N3S/c1-2-6-16(7-3-1)9-10-17-11-12-18(21-20(17)23-25-24-21)13-14-19-8-4-5-15-22-19/h1-8,11-12,15H. The highest BCUT2D eigenvalue weighted by Gasteiger charge is 2.07. The third-order valence-corrected chi connectivity index (χ3v) is 4.05. The van der Waals surface area contributed by atoms with Crippen molar-refractivity contribution in [1.29, 1.82) is 0 Å². The highest BCUT2D eigenvalue weighted by atomic mass is 32.1. The molecule has 2 aromatic heterocycles. The van der Waals surface area contributed by atoms with Gasteiger partial charge in [0.2, 0.25) is 0 Å². The molecule has 0 aliphatic heterocycles. The van der Waals surface area contributed by atoms with Crippen molar-refractivity contribution in [1.82, 2.24) is 13.7 Å². The maximum atomic E-state index is 4.39. The van der Waals surface area contributed by atoms with Crippen molar-refractivity contribution in [3.63, 3.8) is 0 Å². The van der Waals surface area contributed by atoms with Gasteiger partial charge in [-0.1, -0.05) is 42.0 Å². The van der Waals surface area contributed by atoms with Crippen LogP contribution in [-0.4, -0.2) is 13.7 Å². The molecule has 0 bridgehead atoms. The van der Waals surface area contributed by atoms with Gasteiger partial charge in [0.25, 0.3) is 0 Å². The molecule has 0 spiro atoms. The Morgan fingerprint density at radius 2 is 1.32 bits per heavy atom. The maximum Gasteiger partial charge on any atom is 0.121 e. The van der Waals surface area contributed by atoms with Gasteiger partial charge in [0.15, 0.2) is 0 Å². The monoisotopic (exact) mass is 337 g/mol. The second kappa shape index (κ2) is 6.97. The minimum Gasteiger partial charge on any atom is -0.248 e.